The number of rotatable bonds is 8. The van der Waals surface area contributed by atoms with Gasteiger partial charge in [-0.2, -0.15) is 0 Å². The van der Waals surface area contributed by atoms with Crippen LogP contribution < -0.4 is 14.8 Å². The second kappa shape index (κ2) is 13.1. The lowest BCUT2D eigenvalue weighted by Crippen LogP contribution is -2.44. The zero-order chi connectivity index (χ0) is 19.6. The fourth-order valence-corrected chi connectivity index (χ4v) is 3.64. The van der Waals surface area contributed by atoms with Gasteiger partial charge in [-0.15, -0.1) is 24.0 Å². The third-order valence-corrected chi connectivity index (χ3v) is 5.21. The normalized spacial score (nSPS) is 17.6. The third-order valence-electron chi connectivity index (χ3n) is 5.21. The highest BCUT2D eigenvalue weighted by Crippen LogP contribution is 2.27. The van der Waals surface area contributed by atoms with Crippen LogP contribution in [0.25, 0.3) is 0 Å². The molecule has 1 aliphatic rings. The van der Waals surface area contributed by atoms with E-state index >= 15 is 0 Å². The molecule has 1 aromatic rings. The van der Waals surface area contributed by atoms with Crippen LogP contribution in [0.1, 0.15) is 25.3 Å². The molecule has 0 bridgehead atoms. The lowest BCUT2D eigenvalue weighted by Gasteiger charge is -2.31. The molecular weight excluding hydrogens is 467 g/mol. The van der Waals surface area contributed by atoms with Crippen molar-refractivity contribution in [2.75, 3.05) is 61.0 Å². The van der Waals surface area contributed by atoms with Crippen molar-refractivity contribution < 1.29 is 9.47 Å². The number of piperidine rings is 1. The van der Waals surface area contributed by atoms with Crippen molar-refractivity contribution in [2.24, 2.45) is 10.9 Å². The highest BCUT2D eigenvalue weighted by atomic mass is 127. The molecule has 0 amide bonds. The third kappa shape index (κ3) is 7.66. The average molecular weight is 504 g/mol. The van der Waals surface area contributed by atoms with Crippen LogP contribution in [-0.2, 0) is 6.42 Å². The molecule has 0 aromatic heterocycles. The predicted octanol–water partition coefficient (Wildman–Crippen LogP) is 3.10. The maximum absolute atomic E-state index is 5.39. The van der Waals surface area contributed by atoms with Gasteiger partial charge in [-0.05, 0) is 49.4 Å². The summed E-state index contributed by atoms with van der Waals surface area (Å²) in [6.07, 6.45) is 3.60. The van der Waals surface area contributed by atoms with Crippen molar-refractivity contribution in [2.45, 2.75) is 26.2 Å². The summed E-state index contributed by atoms with van der Waals surface area (Å²) in [6.45, 7) is 7.68. The van der Waals surface area contributed by atoms with Crippen LogP contribution in [-0.4, -0.2) is 76.8 Å². The monoisotopic (exact) mass is 504 g/mol. The molecule has 1 heterocycles. The van der Waals surface area contributed by atoms with Gasteiger partial charge < -0.3 is 24.6 Å². The number of halogens is 1. The molecular formula is C21H37IN4O2. The number of methoxy groups -OCH3 is 2. The lowest BCUT2D eigenvalue weighted by atomic mass is 10.0. The van der Waals surface area contributed by atoms with Crippen molar-refractivity contribution >= 4 is 29.9 Å². The summed E-state index contributed by atoms with van der Waals surface area (Å²) < 4.78 is 10.7. The largest absolute Gasteiger partial charge is 0.493 e. The van der Waals surface area contributed by atoms with Crippen LogP contribution >= 0.6 is 24.0 Å². The zero-order valence-electron chi connectivity index (χ0n) is 18.0. The van der Waals surface area contributed by atoms with E-state index in [4.69, 9.17) is 9.47 Å². The lowest BCUT2D eigenvalue weighted by molar-refractivity contribution is 0.186. The van der Waals surface area contributed by atoms with Gasteiger partial charge in [0, 0.05) is 40.3 Å². The molecule has 0 aliphatic carbocycles. The van der Waals surface area contributed by atoms with E-state index < -0.39 is 0 Å². The summed E-state index contributed by atoms with van der Waals surface area (Å²) in [5.41, 5.74) is 1.22. The fraction of sp³-hybridized carbons (Fsp3) is 0.667. The average Bonchev–Trinajstić information content (AvgIpc) is 2.69. The van der Waals surface area contributed by atoms with Crippen molar-refractivity contribution in [3.63, 3.8) is 0 Å². The number of nitrogens with one attached hydrogen (secondary N) is 1. The van der Waals surface area contributed by atoms with E-state index in [0.29, 0.717) is 0 Å². The minimum atomic E-state index is 0. The Kier molecular flexibility index (Phi) is 11.6. The molecule has 1 saturated heterocycles. The van der Waals surface area contributed by atoms with Crippen LogP contribution in [0.3, 0.4) is 0 Å². The second-order valence-electron chi connectivity index (χ2n) is 7.38. The molecule has 1 aliphatic heterocycles. The first-order valence-corrected chi connectivity index (χ1v) is 9.92. The van der Waals surface area contributed by atoms with Crippen molar-refractivity contribution in [3.8, 4) is 11.5 Å². The van der Waals surface area contributed by atoms with Crippen molar-refractivity contribution in [1.82, 2.24) is 15.1 Å². The van der Waals surface area contributed by atoms with E-state index in [-0.39, 0.29) is 24.0 Å². The molecule has 0 spiro atoms. The molecule has 0 radical (unpaired) electrons. The van der Waals surface area contributed by atoms with Crippen molar-refractivity contribution in [1.29, 1.82) is 0 Å². The van der Waals surface area contributed by atoms with Crippen LogP contribution in [0.15, 0.2) is 23.2 Å². The Balaban J connectivity index is 0.00000392. The molecule has 1 N–H and O–H groups in total. The molecule has 1 atom stereocenters. The van der Waals surface area contributed by atoms with Gasteiger partial charge in [0.15, 0.2) is 17.5 Å². The second-order valence-corrected chi connectivity index (χ2v) is 7.38. The van der Waals surface area contributed by atoms with Gasteiger partial charge in [-0.25, -0.2) is 0 Å². The number of nitrogens with zero attached hydrogens (tertiary/aromatic N) is 3. The van der Waals surface area contributed by atoms with Crippen LogP contribution in [0, 0.1) is 5.92 Å². The van der Waals surface area contributed by atoms with E-state index in [9.17, 15) is 0 Å². The summed E-state index contributed by atoms with van der Waals surface area (Å²) in [6, 6.07) is 6.09. The van der Waals surface area contributed by atoms with E-state index in [2.05, 4.69) is 40.1 Å². The molecule has 6 nitrogen and oxygen atoms in total. The Morgan fingerprint density at radius 1 is 1.29 bits per heavy atom. The van der Waals surface area contributed by atoms with Crippen LogP contribution in [0.5, 0.6) is 11.5 Å². The Hall–Kier alpha value is -1.22. The smallest absolute Gasteiger partial charge is 0.193 e. The quantitative estimate of drug-likeness (QED) is 0.335. The number of hydrogen-bond acceptors (Lipinski definition) is 4. The fourth-order valence-electron chi connectivity index (χ4n) is 3.64. The highest BCUT2D eigenvalue weighted by Gasteiger charge is 2.16. The topological polar surface area (TPSA) is 49.3 Å². The maximum Gasteiger partial charge on any atom is 0.193 e. The Labute approximate surface area is 187 Å². The van der Waals surface area contributed by atoms with E-state index in [1.807, 2.05) is 19.2 Å². The van der Waals surface area contributed by atoms with E-state index in [1.54, 1.807) is 14.2 Å². The number of guanidine groups is 1. The van der Waals surface area contributed by atoms with Gasteiger partial charge in [-0.3, -0.25) is 4.99 Å². The minimum Gasteiger partial charge on any atom is -0.493 e. The predicted molar refractivity (Wildman–Crippen MR) is 127 cm³/mol. The summed E-state index contributed by atoms with van der Waals surface area (Å²) in [5.74, 6) is 3.30. The molecule has 1 fully saturated rings. The van der Waals surface area contributed by atoms with Crippen molar-refractivity contribution in [3.05, 3.63) is 23.8 Å². The number of ether oxygens (including phenoxy) is 2. The zero-order valence-corrected chi connectivity index (χ0v) is 20.4. The van der Waals surface area contributed by atoms with Gasteiger partial charge in [0.05, 0.1) is 14.2 Å². The molecule has 1 aromatic carbocycles. The SMILES string of the molecule is CN=C(NCCN1CCCC(C)C1)N(C)CCc1ccc(OC)c(OC)c1.I. The van der Waals surface area contributed by atoms with Crippen LogP contribution in [0.4, 0.5) is 0 Å². The summed E-state index contributed by atoms with van der Waals surface area (Å²) >= 11 is 0. The number of hydrogen-bond donors (Lipinski definition) is 1. The molecule has 0 saturated carbocycles. The first-order chi connectivity index (χ1) is 13.1. The van der Waals surface area contributed by atoms with Gasteiger partial charge in [-0.1, -0.05) is 13.0 Å². The van der Waals surface area contributed by atoms with E-state index in [0.717, 1.165) is 49.4 Å². The first-order valence-electron chi connectivity index (χ1n) is 9.92. The maximum atomic E-state index is 5.39. The standard InChI is InChI=1S/C21H36N4O2.HI/c1-17-7-6-12-25(16-17)14-11-23-21(22-2)24(3)13-10-18-8-9-19(26-4)20(15-18)27-5;/h8-9,15,17H,6-7,10-14,16H2,1-5H3,(H,22,23);1H. The van der Waals surface area contributed by atoms with Gasteiger partial charge in [0.25, 0.3) is 0 Å². The Morgan fingerprint density at radius 2 is 2.04 bits per heavy atom. The Bertz CT molecular complexity index is 612. The summed E-state index contributed by atoms with van der Waals surface area (Å²) in [7, 11) is 7.26. The van der Waals surface area contributed by atoms with Gasteiger partial charge in [0.2, 0.25) is 0 Å². The first kappa shape index (κ1) is 24.8. The molecule has 1 unspecified atom stereocenters. The highest BCUT2D eigenvalue weighted by molar-refractivity contribution is 14.0. The van der Waals surface area contributed by atoms with Gasteiger partial charge >= 0.3 is 0 Å². The molecule has 28 heavy (non-hydrogen) atoms. The summed E-state index contributed by atoms with van der Waals surface area (Å²) in [4.78, 5) is 9.16. The summed E-state index contributed by atoms with van der Waals surface area (Å²) in [5, 5.41) is 3.50. The molecule has 160 valence electrons. The van der Waals surface area contributed by atoms with Gasteiger partial charge in [0.1, 0.15) is 0 Å². The number of aliphatic imine (C=N–C) groups is 1. The number of likely N-dealkylation sites (N-methyl/N-ethyl adjacent to an activating group) is 1. The molecule has 7 heteroatoms. The number of benzene rings is 1. The van der Waals surface area contributed by atoms with E-state index in [1.165, 1.54) is 31.5 Å². The van der Waals surface area contributed by atoms with Crippen LogP contribution in [0.2, 0.25) is 0 Å². The Morgan fingerprint density at radius 3 is 2.68 bits per heavy atom. The molecule has 2 rings (SSSR count). The minimum absolute atomic E-state index is 0. The number of likely N-dealkylation sites (tertiary alicyclic amines) is 1.